The summed E-state index contributed by atoms with van der Waals surface area (Å²) in [6.07, 6.45) is 1.80. The highest BCUT2D eigenvalue weighted by molar-refractivity contribution is 7.99. The van der Waals surface area contributed by atoms with Gasteiger partial charge in [-0.25, -0.2) is 9.78 Å². The lowest BCUT2D eigenvalue weighted by molar-refractivity contribution is -0.125. The van der Waals surface area contributed by atoms with Crippen LogP contribution in [0.4, 0.5) is 0 Å². The summed E-state index contributed by atoms with van der Waals surface area (Å²) in [5.74, 6) is -0.414. The number of ether oxygens (including phenoxy) is 2. The van der Waals surface area contributed by atoms with Gasteiger partial charge in [0, 0.05) is 20.7 Å². The van der Waals surface area contributed by atoms with Gasteiger partial charge in [-0.2, -0.15) is 0 Å². The Morgan fingerprint density at radius 1 is 1.39 bits per heavy atom. The predicted molar refractivity (Wildman–Crippen MR) is 106 cm³/mol. The summed E-state index contributed by atoms with van der Waals surface area (Å²) in [4.78, 5) is 43.0. The van der Waals surface area contributed by atoms with Crippen LogP contribution in [0.3, 0.4) is 0 Å². The summed E-state index contributed by atoms with van der Waals surface area (Å²) in [6.45, 7) is 1.07. The topological polar surface area (TPSA) is 90.7 Å². The third-order valence-corrected chi connectivity index (χ3v) is 5.54. The van der Waals surface area contributed by atoms with E-state index in [9.17, 15) is 14.4 Å². The first kappa shape index (κ1) is 20.3. The number of hydrogen-bond donors (Lipinski definition) is 0. The van der Waals surface area contributed by atoms with Crippen molar-refractivity contribution in [1.29, 1.82) is 0 Å². The van der Waals surface area contributed by atoms with Gasteiger partial charge in [-0.1, -0.05) is 11.8 Å². The van der Waals surface area contributed by atoms with E-state index in [0.717, 1.165) is 12.8 Å². The Balaban J connectivity index is 2.04. The number of hydrogen-bond acceptors (Lipinski definition) is 7. The van der Waals surface area contributed by atoms with Crippen LogP contribution in [0.2, 0.25) is 0 Å². The molecule has 28 heavy (non-hydrogen) atoms. The normalized spacial score (nSPS) is 16.3. The van der Waals surface area contributed by atoms with Crippen molar-refractivity contribution in [3.8, 4) is 0 Å². The van der Waals surface area contributed by atoms with E-state index in [4.69, 9.17) is 9.47 Å². The summed E-state index contributed by atoms with van der Waals surface area (Å²) >= 11 is 1.20. The molecule has 1 aromatic carbocycles. The van der Waals surface area contributed by atoms with E-state index in [1.54, 1.807) is 30.8 Å². The van der Waals surface area contributed by atoms with Crippen LogP contribution in [0.25, 0.3) is 10.9 Å². The second kappa shape index (κ2) is 8.74. The molecule has 0 aliphatic carbocycles. The van der Waals surface area contributed by atoms with Crippen LogP contribution >= 0.6 is 11.8 Å². The van der Waals surface area contributed by atoms with Crippen molar-refractivity contribution in [3.63, 3.8) is 0 Å². The number of rotatable bonds is 6. The summed E-state index contributed by atoms with van der Waals surface area (Å²) in [7, 11) is 4.66. The summed E-state index contributed by atoms with van der Waals surface area (Å²) < 4.78 is 12.0. The van der Waals surface area contributed by atoms with E-state index in [1.165, 1.54) is 29.8 Å². The van der Waals surface area contributed by atoms with Gasteiger partial charge in [-0.15, -0.1) is 0 Å². The second-order valence-electron chi connectivity index (χ2n) is 6.75. The first-order valence-corrected chi connectivity index (χ1v) is 9.96. The van der Waals surface area contributed by atoms with E-state index in [-0.39, 0.29) is 23.3 Å². The number of amides is 1. The first-order valence-electron chi connectivity index (χ1n) is 8.98. The van der Waals surface area contributed by atoms with Crippen molar-refractivity contribution in [2.45, 2.75) is 30.6 Å². The molecule has 1 aromatic heterocycles. The number of methoxy groups -OCH3 is 1. The summed E-state index contributed by atoms with van der Waals surface area (Å²) in [6, 6.07) is 4.68. The molecule has 0 radical (unpaired) electrons. The minimum atomic E-state index is -0.496. The van der Waals surface area contributed by atoms with Crippen molar-refractivity contribution in [2.24, 2.45) is 0 Å². The number of esters is 1. The van der Waals surface area contributed by atoms with Gasteiger partial charge in [0.15, 0.2) is 5.16 Å². The molecule has 3 rings (SSSR count). The van der Waals surface area contributed by atoms with E-state index in [0.29, 0.717) is 34.8 Å². The molecule has 0 spiro atoms. The van der Waals surface area contributed by atoms with Crippen LogP contribution in [0, 0.1) is 0 Å². The molecule has 0 bridgehead atoms. The molecule has 0 N–H and O–H groups in total. The van der Waals surface area contributed by atoms with Gasteiger partial charge in [0.05, 0.1) is 42.0 Å². The highest BCUT2D eigenvalue weighted by Gasteiger charge is 2.21. The zero-order chi connectivity index (χ0) is 20.3. The van der Waals surface area contributed by atoms with Crippen LogP contribution in [-0.2, 0) is 20.8 Å². The molecular formula is C19H23N3O5S. The lowest BCUT2D eigenvalue weighted by Gasteiger charge is -2.17. The van der Waals surface area contributed by atoms with Crippen LogP contribution in [0.5, 0.6) is 0 Å². The maximum Gasteiger partial charge on any atom is 0.337 e. The number of thioether (sulfide) groups is 1. The molecule has 8 nitrogen and oxygen atoms in total. The summed E-state index contributed by atoms with van der Waals surface area (Å²) in [5.41, 5.74) is 0.507. The smallest absolute Gasteiger partial charge is 0.337 e. The molecule has 2 aromatic rings. The molecule has 1 amide bonds. The molecule has 1 aliphatic rings. The number of benzene rings is 1. The Morgan fingerprint density at radius 2 is 2.18 bits per heavy atom. The van der Waals surface area contributed by atoms with Gasteiger partial charge in [-0.3, -0.25) is 14.2 Å². The monoisotopic (exact) mass is 405 g/mol. The molecule has 0 saturated carbocycles. The Hall–Kier alpha value is -2.39. The Morgan fingerprint density at radius 3 is 2.82 bits per heavy atom. The third-order valence-electron chi connectivity index (χ3n) is 4.58. The van der Waals surface area contributed by atoms with E-state index in [1.807, 2.05) is 0 Å². The molecular weight excluding hydrogens is 382 g/mol. The van der Waals surface area contributed by atoms with Gasteiger partial charge in [0.25, 0.3) is 5.56 Å². The zero-order valence-electron chi connectivity index (χ0n) is 16.1. The number of nitrogens with zero attached hydrogens (tertiary/aromatic N) is 3. The predicted octanol–water partition coefficient (Wildman–Crippen LogP) is 1.54. The lowest BCUT2D eigenvalue weighted by Crippen LogP contribution is -2.30. The summed E-state index contributed by atoms with van der Waals surface area (Å²) in [5, 5.41) is 0.846. The molecule has 1 aliphatic heterocycles. The minimum absolute atomic E-state index is 0.0461. The van der Waals surface area contributed by atoms with Gasteiger partial charge in [-0.05, 0) is 31.0 Å². The van der Waals surface area contributed by atoms with E-state index >= 15 is 0 Å². The standard InChI is InChI=1S/C19H23N3O5S/c1-21(2)16(23)11-28-19-20-15-9-12(18(25)26-3)6-7-14(15)17(24)22(19)10-13-5-4-8-27-13/h6-7,9,13H,4-5,8,10-11H2,1-3H3/t13-/m0/s1. The average Bonchev–Trinajstić information content (AvgIpc) is 3.20. The van der Waals surface area contributed by atoms with Crippen molar-refractivity contribution in [3.05, 3.63) is 34.1 Å². The maximum atomic E-state index is 13.1. The molecule has 9 heteroatoms. The quantitative estimate of drug-likeness (QED) is 0.409. The van der Waals surface area contributed by atoms with Crippen molar-refractivity contribution >= 4 is 34.5 Å². The van der Waals surface area contributed by atoms with E-state index < -0.39 is 5.97 Å². The van der Waals surface area contributed by atoms with Gasteiger partial charge in [0.2, 0.25) is 5.91 Å². The highest BCUT2D eigenvalue weighted by Crippen LogP contribution is 2.22. The molecule has 150 valence electrons. The first-order chi connectivity index (χ1) is 13.4. The third kappa shape index (κ3) is 4.36. The Labute approximate surface area is 166 Å². The molecule has 1 fully saturated rings. The van der Waals surface area contributed by atoms with Crippen LogP contribution in [-0.4, -0.2) is 66.0 Å². The molecule has 2 heterocycles. The highest BCUT2D eigenvalue weighted by atomic mass is 32.2. The van der Waals surface area contributed by atoms with Crippen LogP contribution in [0.15, 0.2) is 28.2 Å². The molecule has 1 atom stereocenters. The largest absolute Gasteiger partial charge is 0.465 e. The number of aromatic nitrogens is 2. The lowest BCUT2D eigenvalue weighted by atomic mass is 10.1. The minimum Gasteiger partial charge on any atom is -0.465 e. The van der Waals surface area contributed by atoms with Gasteiger partial charge >= 0.3 is 5.97 Å². The SMILES string of the molecule is COC(=O)c1ccc2c(=O)n(C[C@@H]3CCCO3)c(SCC(=O)N(C)C)nc2c1. The average molecular weight is 405 g/mol. The number of fused-ring (bicyclic) bond motifs is 1. The molecule has 1 saturated heterocycles. The number of carbonyl (C=O) groups is 2. The Kier molecular flexibility index (Phi) is 6.35. The van der Waals surface area contributed by atoms with Crippen LogP contribution in [0.1, 0.15) is 23.2 Å². The van der Waals surface area contributed by atoms with Gasteiger partial charge in [0.1, 0.15) is 0 Å². The van der Waals surface area contributed by atoms with Crippen molar-refractivity contribution in [2.75, 3.05) is 33.6 Å². The van der Waals surface area contributed by atoms with Crippen molar-refractivity contribution in [1.82, 2.24) is 14.5 Å². The fourth-order valence-electron chi connectivity index (χ4n) is 2.96. The van der Waals surface area contributed by atoms with Crippen LogP contribution < -0.4 is 5.56 Å². The molecule has 0 unspecified atom stereocenters. The van der Waals surface area contributed by atoms with Gasteiger partial charge < -0.3 is 14.4 Å². The van der Waals surface area contributed by atoms with Crippen molar-refractivity contribution < 1.29 is 19.1 Å². The number of carbonyl (C=O) groups excluding carboxylic acids is 2. The maximum absolute atomic E-state index is 13.1. The zero-order valence-corrected chi connectivity index (χ0v) is 17.0. The Bertz CT molecular complexity index is 950. The fraction of sp³-hybridized carbons (Fsp3) is 0.474. The van der Waals surface area contributed by atoms with E-state index in [2.05, 4.69) is 4.98 Å². The second-order valence-corrected chi connectivity index (χ2v) is 7.69. The fourth-order valence-corrected chi connectivity index (χ4v) is 3.95.